The molecule has 6 nitrogen and oxygen atoms in total. The van der Waals surface area contributed by atoms with Gasteiger partial charge in [0.25, 0.3) is 11.7 Å². The van der Waals surface area contributed by atoms with Crippen molar-refractivity contribution in [2.24, 2.45) is 0 Å². The number of carbonyl (C=O) groups excluding carboxylic acids is 2. The van der Waals surface area contributed by atoms with Crippen LogP contribution in [0.1, 0.15) is 31.0 Å². The largest absolute Gasteiger partial charge is 0.507 e. The predicted molar refractivity (Wildman–Crippen MR) is 134 cm³/mol. The van der Waals surface area contributed by atoms with Crippen LogP contribution in [0.2, 0.25) is 0 Å². The minimum absolute atomic E-state index is 0.0183. The average Bonchev–Trinajstić information content (AvgIpc) is 3.09. The second-order valence-electron chi connectivity index (χ2n) is 8.68. The van der Waals surface area contributed by atoms with Crippen LogP contribution in [0.4, 0.5) is 11.4 Å². The Morgan fingerprint density at radius 3 is 2.09 bits per heavy atom. The van der Waals surface area contributed by atoms with E-state index in [9.17, 15) is 14.7 Å². The van der Waals surface area contributed by atoms with E-state index in [-0.39, 0.29) is 17.4 Å². The molecule has 3 aromatic rings. The summed E-state index contributed by atoms with van der Waals surface area (Å²) in [4.78, 5) is 29.9. The van der Waals surface area contributed by atoms with Crippen LogP contribution in [0, 0.1) is 0 Å². The zero-order chi connectivity index (χ0) is 24.4. The Kier molecular flexibility index (Phi) is 6.41. The first kappa shape index (κ1) is 23.1. The second-order valence-corrected chi connectivity index (χ2v) is 8.68. The van der Waals surface area contributed by atoms with Crippen molar-refractivity contribution in [3.05, 3.63) is 95.6 Å². The number of aliphatic hydroxyl groups is 1. The third kappa shape index (κ3) is 4.39. The number of hydrogen-bond acceptors (Lipinski definition) is 5. The second kappa shape index (κ2) is 9.43. The van der Waals surface area contributed by atoms with E-state index in [1.165, 1.54) is 4.90 Å². The van der Waals surface area contributed by atoms with Gasteiger partial charge in [0.2, 0.25) is 0 Å². The molecule has 0 spiro atoms. The summed E-state index contributed by atoms with van der Waals surface area (Å²) in [5.74, 6) is -0.902. The van der Waals surface area contributed by atoms with Gasteiger partial charge >= 0.3 is 0 Å². The van der Waals surface area contributed by atoms with Crippen LogP contribution in [-0.2, 0) is 9.59 Å². The monoisotopic (exact) mass is 456 g/mol. The molecule has 1 heterocycles. The van der Waals surface area contributed by atoms with Crippen LogP contribution >= 0.6 is 0 Å². The first-order valence-corrected chi connectivity index (χ1v) is 11.2. The van der Waals surface area contributed by atoms with Crippen molar-refractivity contribution in [1.82, 2.24) is 0 Å². The van der Waals surface area contributed by atoms with E-state index >= 15 is 0 Å². The van der Waals surface area contributed by atoms with Crippen molar-refractivity contribution in [2.75, 3.05) is 23.9 Å². The summed E-state index contributed by atoms with van der Waals surface area (Å²) in [6, 6.07) is 22.7. The van der Waals surface area contributed by atoms with Crippen LogP contribution < -0.4 is 14.5 Å². The lowest BCUT2D eigenvalue weighted by Crippen LogP contribution is -2.29. The molecule has 174 valence electrons. The molecule has 1 aliphatic heterocycles. The molecular weight excluding hydrogens is 428 g/mol. The molecule has 34 heavy (non-hydrogen) atoms. The Bertz CT molecular complexity index is 1210. The van der Waals surface area contributed by atoms with E-state index < -0.39 is 17.7 Å². The van der Waals surface area contributed by atoms with Gasteiger partial charge in [-0.1, -0.05) is 42.5 Å². The molecule has 1 fully saturated rings. The van der Waals surface area contributed by atoms with Gasteiger partial charge in [0, 0.05) is 31.0 Å². The van der Waals surface area contributed by atoms with E-state index in [0.29, 0.717) is 22.6 Å². The fourth-order valence-electron chi connectivity index (χ4n) is 4.08. The van der Waals surface area contributed by atoms with Gasteiger partial charge in [0.05, 0.1) is 17.7 Å². The molecule has 0 aliphatic carbocycles. The maximum Gasteiger partial charge on any atom is 0.300 e. The molecule has 0 aromatic heterocycles. The van der Waals surface area contributed by atoms with Gasteiger partial charge in [-0.3, -0.25) is 14.5 Å². The van der Waals surface area contributed by atoms with Crippen molar-refractivity contribution in [1.29, 1.82) is 0 Å². The minimum atomic E-state index is -0.779. The molecule has 1 saturated heterocycles. The number of amides is 1. The van der Waals surface area contributed by atoms with Crippen molar-refractivity contribution in [3.8, 4) is 5.75 Å². The number of carbonyl (C=O) groups is 2. The molecule has 1 N–H and O–H groups in total. The lowest BCUT2D eigenvalue weighted by atomic mass is 9.95. The van der Waals surface area contributed by atoms with E-state index in [4.69, 9.17) is 4.74 Å². The molecule has 1 amide bonds. The van der Waals surface area contributed by atoms with E-state index in [1.54, 1.807) is 24.3 Å². The van der Waals surface area contributed by atoms with E-state index in [0.717, 1.165) is 5.69 Å². The number of nitrogens with zero attached hydrogens (tertiary/aromatic N) is 2. The Morgan fingerprint density at radius 2 is 1.53 bits per heavy atom. The van der Waals surface area contributed by atoms with E-state index in [2.05, 4.69) is 0 Å². The first-order chi connectivity index (χ1) is 16.3. The zero-order valence-corrected chi connectivity index (χ0v) is 19.7. The summed E-state index contributed by atoms with van der Waals surface area (Å²) in [5.41, 5.74) is 2.78. The van der Waals surface area contributed by atoms with Gasteiger partial charge in [0.1, 0.15) is 11.5 Å². The molecule has 1 atom stereocenters. The van der Waals surface area contributed by atoms with Gasteiger partial charge in [0.15, 0.2) is 0 Å². The maximum atomic E-state index is 13.3. The summed E-state index contributed by atoms with van der Waals surface area (Å²) >= 11 is 0. The van der Waals surface area contributed by atoms with Crippen molar-refractivity contribution in [3.63, 3.8) is 0 Å². The molecule has 0 radical (unpaired) electrons. The summed E-state index contributed by atoms with van der Waals surface area (Å²) in [5, 5.41) is 11.1. The molecule has 0 saturated carbocycles. The van der Waals surface area contributed by atoms with Crippen LogP contribution in [0.25, 0.3) is 5.76 Å². The number of hydrogen-bond donors (Lipinski definition) is 1. The highest BCUT2D eigenvalue weighted by molar-refractivity contribution is 6.51. The van der Waals surface area contributed by atoms with Gasteiger partial charge in [-0.15, -0.1) is 0 Å². The third-order valence-corrected chi connectivity index (χ3v) is 5.70. The van der Waals surface area contributed by atoms with Gasteiger partial charge in [-0.25, -0.2) is 0 Å². The Hall–Kier alpha value is -4.06. The highest BCUT2D eigenvalue weighted by Gasteiger charge is 2.47. The lowest BCUT2D eigenvalue weighted by molar-refractivity contribution is -0.132. The first-order valence-electron chi connectivity index (χ1n) is 11.2. The highest BCUT2D eigenvalue weighted by Crippen LogP contribution is 2.42. The molecule has 1 unspecified atom stereocenters. The number of ketones is 1. The Labute approximate surface area is 199 Å². The molecule has 3 aromatic carbocycles. The average molecular weight is 457 g/mol. The van der Waals surface area contributed by atoms with Crippen LogP contribution in [-0.4, -0.2) is 37.0 Å². The number of aliphatic hydroxyl groups excluding tert-OH is 1. The van der Waals surface area contributed by atoms with Crippen molar-refractivity contribution in [2.45, 2.75) is 26.0 Å². The number of ether oxygens (including phenoxy) is 1. The topological polar surface area (TPSA) is 70.1 Å². The fraction of sp³-hybridized carbons (Fsp3) is 0.214. The summed E-state index contributed by atoms with van der Waals surface area (Å²) in [6.45, 7) is 3.89. The number of anilines is 2. The minimum Gasteiger partial charge on any atom is -0.507 e. The number of benzene rings is 3. The standard InChI is InChI=1S/C28H28N2O4/c1-18(2)34-23-16-10-19(11-17-23)25-24(26(31)20-8-6-5-7-9-20)27(32)28(33)30(25)22-14-12-21(13-15-22)29(3)4/h5-18,25,31H,1-4H3/b26-24+. The van der Waals surface area contributed by atoms with Gasteiger partial charge < -0.3 is 14.7 Å². The SMILES string of the molecule is CC(C)Oc1ccc(C2/C(=C(\O)c3ccccc3)C(=O)C(=O)N2c2ccc(N(C)C)cc2)cc1. The summed E-state index contributed by atoms with van der Waals surface area (Å²) in [7, 11) is 3.86. The fourth-order valence-corrected chi connectivity index (χ4v) is 4.08. The summed E-state index contributed by atoms with van der Waals surface area (Å²) < 4.78 is 5.75. The lowest BCUT2D eigenvalue weighted by Gasteiger charge is -2.26. The molecule has 4 rings (SSSR count). The number of rotatable bonds is 6. The quantitative estimate of drug-likeness (QED) is 0.315. The van der Waals surface area contributed by atoms with E-state index in [1.807, 2.05) is 87.4 Å². The van der Waals surface area contributed by atoms with Crippen molar-refractivity contribution < 1.29 is 19.4 Å². The zero-order valence-electron chi connectivity index (χ0n) is 19.7. The van der Waals surface area contributed by atoms with Crippen molar-refractivity contribution >= 4 is 28.8 Å². The maximum absolute atomic E-state index is 13.3. The molecular formula is C28H28N2O4. The highest BCUT2D eigenvalue weighted by atomic mass is 16.5. The van der Waals surface area contributed by atoms with Crippen LogP contribution in [0.5, 0.6) is 5.75 Å². The predicted octanol–water partition coefficient (Wildman–Crippen LogP) is 5.17. The smallest absolute Gasteiger partial charge is 0.300 e. The normalized spacial score (nSPS) is 17.3. The van der Waals surface area contributed by atoms with Gasteiger partial charge in [-0.2, -0.15) is 0 Å². The third-order valence-electron chi connectivity index (χ3n) is 5.70. The van der Waals surface area contributed by atoms with Gasteiger partial charge in [-0.05, 0) is 55.8 Å². The Balaban J connectivity index is 1.86. The number of Topliss-reactive ketones (excluding diaryl/α,β-unsaturated/α-hetero) is 1. The summed E-state index contributed by atoms with van der Waals surface area (Å²) in [6.07, 6.45) is 0.0183. The molecule has 0 bridgehead atoms. The molecule has 6 heteroatoms. The molecule has 1 aliphatic rings. The van der Waals surface area contributed by atoms with Crippen LogP contribution in [0.15, 0.2) is 84.4 Å². The van der Waals surface area contributed by atoms with Crippen LogP contribution in [0.3, 0.4) is 0 Å². The Morgan fingerprint density at radius 1 is 0.912 bits per heavy atom.